The van der Waals surface area contributed by atoms with E-state index in [2.05, 4.69) is 34.1 Å². The first-order chi connectivity index (χ1) is 11.3. The van der Waals surface area contributed by atoms with Gasteiger partial charge in [-0.25, -0.2) is 4.98 Å². The number of likely N-dealkylation sites (tertiary alicyclic amines) is 1. The number of rotatable bonds is 6. The molecule has 124 valence electrons. The number of piperidine rings is 1. The maximum absolute atomic E-state index is 6.07. The summed E-state index contributed by atoms with van der Waals surface area (Å²) >= 11 is 1.76. The number of nitrogens with zero attached hydrogens (tertiary/aromatic N) is 2. The van der Waals surface area contributed by atoms with Crippen LogP contribution in [0.5, 0.6) is 0 Å². The van der Waals surface area contributed by atoms with Gasteiger partial charge >= 0.3 is 0 Å². The van der Waals surface area contributed by atoms with Gasteiger partial charge in [0, 0.05) is 30.7 Å². The third-order valence-electron chi connectivity index (χ3n) is 4.44. The summed E-state index contributed by atoms with van der Waals surface area (Å²) in [6.45, 7) is 5.49. The lowest BCUT2D eigenvalue weighted by atomic mass is 10.0. The second kappa shape index (κ2) is 8.02. The van der Waals surface area contributed by atoms with Gasteiger partial charge in [-0.05, 0) is 25.3 Å². The summed E-state index contributed by atoms with van der Waals surface area (Å²) < 4.78 is 6.07. The van der Waals surface area contributed by atoms with Crippen molar-refractivity contribution in [3.8, 4) is 0 Å². The highest BCUT2D eigenvalue weighted by Crippen LogP contribution is 2.28. The zero-order valence-electron chi connectivity index (χ0n) is 13.6. The Hall–Kier alpha value is -1.27. The summed E-state index contributed by atoms with van der Waals surface area (Å²) in [5.74, 6) is 0. The lowest BCUT2D eigenvalue weighted by molar-refractivity contribution is -0.0103. The minimum absolute atomic E-state index is 0.302. The van der Waals surface area contributed by atoms with Crippen LogP contribution in [0.3, 0.4) is 0 Å². The van der Waals surface area contributed by atoms with Crippen molar-refractivity contribution in [2.45, 2.75) is 38.5 Å². The van der Waals surface area contributed by atoms with Gasteiger partial charge in [-0.2, -0.15) is 0 Å². The zero-order valence-corrected chi connectivity index (χ0v) is 14.5. The molecule has 0 saturated carbocycles. The standard InChI is InChI=1S/C18H25N3OS/c1-14-20-12-18(23-14)17(11-19)21-9-7-16(8-10-21)22-13-15-5-3-2-4-6-15/h2-6,12,16-17H,7-11,13,19H2,1H3. The Morgan fingerprint density at radius 1 is 1.30 bits per heavy atom. The van der Waals surface area contributed by atoms with Gasteiger partial charge < -0.3 is 10.5 Å². The van der Waals surface area contributed by atoms with Crippen molar-refractivity contribution in [3.05, 3.63) is 52.0 Å². The van der Waals surface area contributed by atoms with Crippen molar-refractivity contribution in [2.24, 2.45) is 5.73 Å². The molecule has 2 aromatic rings. The molecule has 0 bridgehead atoms. The van der Waals surface area contributed by atoms with Crippen LogP contribution < -0.4 is 5.73 Å². The van der Waals surface area contributed by atoms with E-state index in [1.807, 2.05) is 19.2 Å². The highest BCUT2D eigenvalue weighted by Gasteiger charge is 2.26. The van der Waals surface area contributed by atoms with Gasteiger partial charge in [0.2, 0.25) is 0 Å². The Labute approximate surface area is 142 Å². The maximum atomic E-state index is 6.07. The highest BCUT2D eigenvalue weighted by molar-refractivity contribution is 7.11. The SMILES string of the molecule is Cc1ncc(C(CN)N2CCC(OCc3ccccc3)CC2)s1. The smallest absolute Gasteiger partial charge is 0.0897 e. The quantitative estimate of drug-likeness (QED) is 0.883. The van der Waals surface area contributed by atoms with E-state index >= 15 is 0 Å². The average Bonchev–Trinajstić information content (AvgIpc) is 3.02. The van der Waals surface area contributed by atoms with Gasteiger partial charge in [0.1, 0.15) is 0 Å². The topological polar surface area (TPSA) is 51.4 Å². The minimum Gasteiger partial charge on any atom is -0.373 e. The molecule has 0 radical (unpaired) electrons. The number of thiazole rings is 1. The summed E-state index contributed by atoms with van der Waals surface area (Å²) in [6, 6.07) is 10.7. The van der Waals surface area contributed by atoms with E-state index < -0.39 is 0 Å². The van der Waals surface area contributed by atoms with E-state index in [9.17, 15) is 0 Å². The number of ether oxygens (including phenoxy) is 1. The molecule has 2 N–H and O–H groups in total. The largest absolute Gasteiger partial charge is 0.373 e. The fraction of sp³-hybridized carbons (Fsp3) is 0.500. The van der Waals surface area contributed by atoms with Crippen molar-refractivity contribution >= 4 is 11.3 Å². The van der Waals surface area contributed by atoms with Crippen LogP contribution in [0.25, 0.3) is 0 Å². The lowest BCUT2D eigenvalue weighted by Gasteiger charge is -2.36. The molecule has 1 saturated heterocycles. The third kappa shape index (κ3) is 4.38. The van der Waals surface area contributed by atoms with Crippen LogP contribution in [-0.2, 0) is 11.3 Å². The van der Waals surface area contributed by atoms with Crippen molar-refractivity contribution in [1.29, 1.82) is 0 Å². The molecule has 23 heavy (non-hydrogen) atoms. The fourth-order valence-corrected chi connectivity index (χ4v) is 4.05. The van der Waals surface area contributed by atoms with E-state index in [1.165, 1.54) is 10.4 Å². The molecule has 1 fully saturated rings. The molecule has 5 heteroatoms. The molecule has 0 spiro atoms. The number of aromatic nitrogens is 1. The molecule has 1 aliphatic rings. The summed E-state index contributed by atoms with van der Waals surface area (Å²) in [4.78, 5) is 8.14. The Bertz CT molecular complexity index is 593. The molecule has 0 amide bonds. The molecule has 1 aliphatic heterocycles. The van der Waals surface area contributed by atoms with Gasteiger partial charge in [-0.1, -0.05) is 30.3 Å². The summed E-state index contributed by atoms with van der Waals surface area (Å²) in [5, 5.41) is 1.11. The van der Waals surface area contributed by atoms with Gasteiger partial charge in [-0.15, -0.1) is 11.3 Å². The first-order valence-corrected chi connectivity index (χ1v) is 9.10. The average molecular weight is 331 g/mol. The Morgan fingerprint density at radius 2 is 2.04 bits per heavy atom. The van der Waals surface area contributed by atoms with E-state index in [-0.39, 0.29) is 0 Å². The molecule has 1 aromatic heterocycles. The number of benzene rings is 1. The summed E-state index contributed by atoms with van der Waals surface area (Å²) in [7, 11) is 0. The molecule has 3 rings (SSSR count). The van der Waals surface area contributed by atoms with E-state index in [1.54, 1.807) is 11.3 Å². The van der Waals surface area contributed by atoms with Gasteiger partial charge in [0.25, 0.3) is 0 Å². The molecule has 1 aromatic carbocycles. The van der Waals surface area contributed by atoms with Gasteiger partial charge in [0.15, 0.2) is 0 Å². The Balaban J connectivity index is 1.49. The lowest BCUT2D eigenvalue weighted by Crippen LogP contribution is -2.41. The first kappa shape index (κ1) is 16.6. The molecule has 1 atom stereocenters. The van der Waals surface area contributed by atoms with E-state index in [0.717, 1.165) is 30.9 Å². The predicted molar refractivity (Wildman–Crippen MR) is 94.5 cm³/mol. The van der Waals surface area contributed by atoms with Crippen molar-refractivity contribution < 1.29 is 4.74 Å². The summed E-state index contributed by atoms with van der Waals surface area (Å²) in [6.07, 6.45) is 4.48. The third-order valence-corrected chi connectivity index (χ3v) is 5.45. The van der Waals surface area contributed by atoms with Crippen LogP contribution in [-0.4, -0.2) is 35.6 Å². The monoisotopic (exact) mass is 331 g/mol. The van der Waals surface area contributed by atoms with Crippen molar-refractivity contribution in [3.63, 3.8) is 0 Å². The van der Waals surface area contributed by atoms with Crippen LogP contribution in [0, 0.1) is 6.92 Å². The fourth-order valence-electron chi connectivity index (χ4n) is 3.12. The van der Waals surface area contributed by atoms with Gasteiger partial charge in [0.05, 0.1) is 23.8 Å². The first-order valence-electron chi connectivity index (χ1n) is 8.28. The molecular formula is C18H25N3OS. The van der Waals surface area contributed by atoms with Gasteiger partial charge in [-0.3, -0.25) is 4.90 Å². The molecule has 0 aliphatic carbocycles. The zero-order chi connectivity index (χ0) is 16.1. The minimum atomic E-state index is 0.302. The van der Waals surface area contributed by atoms with E-state index in [4.69, 9.17) is 10.5 Å². The molecular weight excluding hydrogens is 306 g/mol. The number of nitrogens with two attached hydrogens (primary N) is 1. The van der Waals surface area contributed by atoms with E-state index in [0.29, 0.717) is 25.3 Å². The Morgan fingerprint density at radius 3 is 2.65 bits per heavy atom. The second-order valence-electron chi connectivity index (χ2n) is 6.07. The predicted octanol–water partition coefficient (Wildman–Crippen LogP) is 3.13. The number of hydrogen-bond acceptors (Lipinski definition) is 5. The molecule has 2 heterocycles. The van der Waals surface area contributed by atoms with Crippen molar-refractivity contribution in [1.82, 2.24) is 9.88 Å². The van der Waals surface area contributed by atoms with Crippen LogP contribution in [0.1, 0.15) is 34.3 Å². The molecule has 1 unspecified atom stereocenters. The number of aryl methyl sites for hydroxylation is 1. The Kier molecular flexibility index (Phi) is 5.78. The maximum Gasteiger partial charge on any atom is 0.0897 e. The summed E-state index contributed by atoms with van der Waals surface area (Å²) in [5.41, 5.74) is 7.27. The number of hydrogen-bond donors (Lipinski definition) is 1. The van der Waals surface area contributed by atoms with Crippen LogP contribution in [0.15, 0.2) is 36.5 Å². The molecule has 4 nitrogen and oxygen atoms in total. The van der Waals surface area contributed by atoms with Crippen LogP contribution in [0.4, 0.5) is 0 Å². The van der Waals surface area contributed by atoms with Crippen LogP contribution in [0.2, 0.25) is 0 Å². The highest BCUT2D eigenvalue weighted by atomic mass is 32.1. The normalized spacial score (nSPS) is 18.2. The van der Waals surface area contributed by atoms with Crippen LogP contribution >= 0.6 is 11.3 Å². The second-order valence-corrected chi connectivity index (χ2v) is 7.33. The van der Waals surface area contributed by atoms with Crippen molar-refractivity contribution in [2.75, 3.05) is 19.6 Å².